The Balaban J connectivity index is 1.55. The first-order valence-electron chi connectivity index (χ1n) is 9.27. The van der Waals surface area contributed by atoms with Crippen molar-refractivity contribution in [1.29, 1.82) is 0 Å². The maximum atomic E-state index is 13.2. The average molecular weight is 354 g/mol. The van der Waals surface area contributed by atoms with Crippen LogP contribution in [0.4, 0.5) is 4.39 Å². The van der Waals surface area contributed by atoms with E-state index in [2.05, 4.69) is 16.6 Å². The lowest BCUT2D eigenvalue weighted by Gasteiger charge is -2.23. The van der Waals surface area contributed by atoms with Gasteiger partial charge in [0.25, 0.3) is 0 Å². The second kappa shape index (κ2) is 7.02. The van der Waals surface area contributed by atoms with E-state index >= 15 is 0 Å². The molecule has 4 rings (SSSR count). The van der Waals surface area contributed by atoms with E-state index in [4.69, 9.17) is 4.98 Å². The highest BCUT2D eigenvalue weighted by Crippen LogP contribution is 2.34. The zero-order chi connectivity index (χ0) is 18.1. The van der Waals surface area contributed by atoms with Gasteiger partial charge in [0.2, 0.25) is 5.91 Å². The number of aromatic nitrogens is 3. The molecule has 2 aromatic rings. The maximum Gasteiger partial charge on any atom is 0.247 e. The van der Waals surface area contributed by atoms with Crippen LogP contribution in [0.1, 0.15) is 54.5 Å². The molecular formula is C20H23FN4O. The van der Waals surface area contributed by atoms with Crippen molar-refractivity contribution in [2.45, 2.75) is 44.6 Å². The van der Waals surface area contributed by atoms with Gasteiger partial charge in [-0.3, -0.25) is 9.78 Å². The predicted octanol–water partition coefficient (Wildman–Crippen LogP) is 3.21. The average Bonchev–Trinajstić information content (AvgIpc) is 3.25. The van der Waals surface area contributed by atoms with Crippen LogP contribution in [0.2, 0.25) is 0 Å². The second-order valence-electron chi connectivity index (χ2n) is 7.09. The number of amides is 1. The van der Waals surface area contributed by atoms with Gasteiger partial charge in [0.1, 0.15) is 11.6 Å². The standard InChI is InChI=1S/C20H23FN4O/c1-24-17-6-3-2-5-16(17)23-20(24)18-7-4-10-25(18)19(26)9-8-14-11-15(21)13-22-12-14/h8-9,11-13,18H,2-7,10H2,1H3. The van der Waals surface area contributed by atoms with Gasteiger partial charge in [0.05, 0.1) is 17.9 Å². The molecule has 0 bridgehead atoms. The minimum Gasteiger partial charge on any atom is -0.333 e. The number of nitrogens with zero attached hydrogens (tertiary/aromatic N) is 4. The fourth-order valence-corrected chi connectivity index (χ4v) is 4.09. The van der Waals surface area contributed by atoms with Crippen molar-refractivity contribution in [2.75, 3.05) is 6.54 Å². The van der Waals surface area contributed by atoms with Crippen LogP contribution in [0.5, 0.6) is 0 Å². The molecule has 6 heteroatoms. The molecule has 3 heterocycles. The van der Waals surface area contributed by atoms with Gasteiger partial charge in [-0.1, -0.05) is 0 Å². The largest absolute Gasteiger partial charge is 0.333 e. The normalized spacial score (nSPS) is 19.9. The summed E-state index contributed by atoms with van der Waals surface area (Å²) < 4.78 is 15.4. The van der Waals surface area contributed by atoms with Gasteiger partial charge in [0.15, 0.2) is 0 Å². The van der Waals surface area contributed by atoms with Crippen molar-refractivity contribution in [1.82, 2.24) is 19.4 Å². The van der Waals surface area contributed by atoms with Crippen LogP contribution in [-0.4, -0.2) is 31.9 Å². The number of aryl methyl sites for hydroxylation is 1. The molecule has 1 aliphatic heterocycles. The molecular weight excluding hydrogens is 331 g/mol. The van der Waals surface area contributed by atoms with Crippen molar-refractivity contribution in [3.8, 4) is 0 Å². The molecule has 136 valence electrons. The van der Waals surface area contributed by atoms with Crippen LogP contribution in [0.25, 0.3) is 6.08 Å². The summed E-state index contributed by atoms with van der Waals surface area (Å²) in [5.74, 6) is 0.540. The van der Waals surface area contributed by atoms with Gasteiger partial charge in [-0.15, -0.1) is 0 Å². The number of pyridine rings is 1. The van der Waals surface area contributed by atoms with Gasteiger partial charge in [0, 0.05) is 31.6 Å². The number of carbonyl (C=O) groups is 1. The predicted molar refractivity (Wildman–Crippen MR) is 96.8 cm³/mol. The van der Waals surface area contributed by atoms with Gasteiger partial charge < -0.3 is 9.47 Å². The molecule has 0 aromatic carbocycles. The van der Waals surface area contributed by atoms with Crippen molar-refractivity contribution >= 4 is 12.0 Å². The van der Waals surface area contributed by atoms with Gasteiger partial charge in [-0.05, 0) is 56.2 Å². The molecule has 26 heavy (non-hydrogen) atoms. The van der Waals surface area contributed by atoms with Gasteiger partial charge in [-0.25, -0.2) is 9.37 Å². The number of imidazole rings is 1. The van der Waals surface area contributed by atoms with Gasteiger partial charge in [-0.2, -0.15) is 0 Å². The molecule has 1 saturated heterocycles. The third kappa shape index (κ3) is 3.16. The van der Waals surface area contributed by atoms with Crippen molar-refractivity contribution in [3.05, 3.63) is 53.1 Å². The number of halogens is 1. The summed E-state index contributed by atoms with van der Waals surface area (Å²) in [6.45, 7) is 0.729. The van der Waals surface area contributed by atoms with E-state index < -0.39 is 5.82 Å². The first kappa shape index (κ1) is 16.9. The Kier molecular flexibility index (Phi) is 4.57. The van der Waals surface area contributed by atoms with Crippen molar-refractivity contribution in [2.24, 2.45) is 7.05 Å². The Morgan fingerprint density at radius 1 is 1.27 bits per heavy atom. The molecule has 0 N–H and O–H groups in total. The van der Waals surface area contributed by atoms with E-state index in [1.54, 1.807) is 12.3 Å². The third-order valence-electron chi connectivity index (χ3n) is 5.39. The van der Waals surface area contributed by atoms with E-state index in [1.807, 2.05) is 4.90 Å². The molecule has 0 radical (unpaired) electrons. The molecule has 1 atom stereocenters. The molecule has 1 unspecified atom stereocenters. The highest BCUT2D eigenvalue weighted by molar-refractivity contribution is 5.92. The highest BCUT2D eigenvalue weighted by Gasteiger charge is 2.33. The first-order chi connectivity index (χ1) is 12.6. The molecule has 5 nitrogen and oxygen atoms in total. The number of fused-ring (bicyclic) bond motifs is 1. The lowest BCUT2D eigenvalue weighted by molar-refractivity contribution is -0.127. The number of hydrogen-bond acceptors (Lipinski definition) is 3. The fourth-order valence-electron chi connectivity index (χ4n) is 4.09. The van der Waals surface area contributed by atoms with Crippen LogP contribution >= 0.6 is 0 Å². The second-order valence-corrected chi connectivity index (χ2v) is 7.09. The molecule has 2 aromatic heterocycles. The number of likely N-dealkylation sites (tertiary alicyclic amines) is 1. The smallest absolute Gasteiger partial charge is 0.247 e. The minimum absolute atomic E-state index is 0.0217. The Hall–Kier alpha value is -2.50. The first-order valence-corrected chi connectivity index (χ1v) is 9.27. The van der Waals surface area contributed by atoms with Crippen LogP contribution in [0, 0.1) is 5.82 Å². The Bertz CT molecular complexity index is 857. The lowest BCUT2D eigenvalue weighted by atomic mass is 10.0. The van der Waals surface area contributed by atoms with E-state index in [-0.39, 0.29) is 11.9 Å². The number of rotatable bonds is 3. The zero-order valence-electron chi connectivity index (χ0n) is 15.0. The Morgan fingerprint density at radius 2 is 2.12 bits per heavy atom. The third-order valence-corrected chi connectivity index (χ3v) is 5.39. The summed E-state index contributed by atoms with van der Waals surface area (Å²) in [6.07, 6.45) is 12.3. The summed E-state index contributed by atoms with van der Waals surface area (Å²) >= 11 is 0. The topological polar surface area (TPSA) is 51.0 Å². The SMILES string of the molecule is Cn1c(C2CCCN2C(=O)C=Cc2cncc(F)c2)nc2c1CCCC2. The molecule has 1 amide bonds. The van der Waals surface area contributed by atoms with Crippen molar-refractivity contribution in [3.63, 3.8) is 0 Å². The summed E-state index contributed by atoms with van der Waals surface area (Å²) in [5, 5.41) is 0. The molecule has 2 aliphatic rings. The monoisotopic (exact) mass is 354 g/mol. The molecule has 1 fully saturated rings. The van der Waals surface area contributed by atoms with Crippen LogP contribution in [-0.2, 0) is 24.7 Å². The van der Waals surface area contributed by atoms with Gasteiger partial charge >= 0.3 is 0 Å². The fraction of sp³-hybridized carbons (Fsp3) is 0.450. The van der Waals surface area contributed by atoms with E-state index in [1.165, 1.54) is 36.4 Å². The number of hydrogen-bond donors (Lipinski definition) is 0. The minimum atomic E-state index is -0.405. The van der Waals surface area contributed by atoms with E-state index in [9.17, 15) is 9.18 Å². The summed E-state index contributed by atoms with van der Waals surface area (Å²) in [7, 11) is 2.07. The number of carbonyl (C=O) groups excluding carboxylic acids is 1. The van der Waals surface area contributed by atoms with Crippen LogP contribution < -0.4 is 0 Å². The zero-order valence-corrected chi connectivity index (χ0v) is 15.0. The summed E-state index contributed by atoms with van der Waals surface area (Å²) in [4.78, 5) is 23.3. The molecule has 1 aliphatic carbocycles. The summed E-state index contributed by atoms with van der Waals surface area (Å²) in [6, 6.07) is 1.39. The highest BCUT2D eigenvalue weighted by atomic mass is 19.1. The van der Waals surface area contributed by atoms with E-state index in [0.29, 0.717) is 5.56 Å². The maximum absolute atomic E-state index is 13.2. The molecule has 0 spiro atoms. The summed E-state index contributed by atoms with van der Waals surface area (Å²) in [5.41, 5.74) is 3.11. The van der Waals surface area contributed by atoms with Crippen LogP contribution in [0.3, 0.4) is 0 Å². The Morgan fingerprint density at radius 3 is 2.92 bits per heavy atom. The van der Waals surface area contributed by atoms with Crippen molar-refractivity contribution < 1.29 is 9.18 Å². The van der Waals surface area contributed by atoms with Crippen LogP contribution in [0.15, 0.2) is 24.5 Å². The molecule has 0 saturated carbocycles. The lowest BCUT2D eigenvalue weighted by Crippen LogP contribution is -2.30. The Labute approximate surface area is 152 Å². The quantitative estimate of drug-likeness (QED) is 0.796. The van der Waals surface area contributed by atoms with E-state index in [0.717, 1.165) is 44.2 Å².